The van der Waals surface area contributed by atoms with Crippen LogP contribution < -0.4 is 19.5 Å². The van der Waals surface area contributed by atoms with Gasteiger partial charge in [-0.15, -0.1) is 0 Å². The predicted octanol–water partition coefficient (Wildman–Crippen LogP) is 6.54. The van der Waals surface area contributed by atoms with Gasteiger partial charge in [0.1, 0.15) is 5.82 Å². The molecule has 0 spiro atoms. The average molecular weight is 523 g/mol. The number of nitrogens with one attached hydrogen (secondary N) is 1. The molecule has 0 aliphatic rings. The van der Waals surface area contributed by atoms with Crippen LogP contribution in [0.2, 0.25) is 0 Å². The monoisotopic (exact) mass is 522 g/mol. The fourth-order valence-electron chi connectivity index (χ4n) is 3.91. The van der Waals surface area contributed by atoms with E-state index in [-0.39, 0.29) is 11.3 Å². The van der Waals surface area contributed by atoms with Crippen LogP contribution in [0.5, 0.6) is 17.2 Å². The van der Waals surface area contributed by atoms with Crippen LogP contribution in [0.15, 0.2) is 36.4 Å². The third kappa shape index (κ3) is 5.72. The molecule has 0 saturated heterocycles. The molecule has 0 atom stereocenters. The number of carbonyl (C=O) groups is 1. The van der Waals surface area contributed by atoms with E-state index >= 15 is 0 Å². The number of fused-ring (bicyclic) bond motifs is 1. The molecular weight excluding hydrogens is 488 g/mol. The van der Waals surface area contributed by atoms with Crippen LogP contribution in [-0.4, -0.2) is 40.5 Å². The maximum absolute atomic E-state index is 13.4. The van der Waals surface area contributed by atoms with Gasteiger partial charge in [0.05, 0.1) is 35.7 Å². The van der Waals surface area contributed by atoms with E-state index in [4.69, 9.17) is 19.2 Å². The Balaban J connectivity index is 1.69. The van der Waals surface area contributed by atoms with Gasteiger partial charge in [-0.05, 0) is 62.9 Å². The zero-order valence-corrected chi connectivity index (χ0v) is 23.3. The summed E-state index contributed by atoms with van der Waals surface area (Å²) >= 11 is 1.54. The highest BCUT2D eigenvalue weighted by molar-refractivity contribution is 7.20. The van der Waals surface area contributed by atoms with Crippen molar-refractivity contribution >= 4 is 33.3 Å². The highest BCUT2D eigenvalue weighted by Crippen LogP contribution is 2.39. The van der Waals surface area contributed by atoms with Crippen LogP contribution in [0.1, 0.15) is 63.2 Å². The fourth-order valence-corrected chi connectivity index (χ4v) is 4.88. The lowest BCUT2D eigenvalue weighted by Gasteiger charge is -2.18. The van der Waals surface area contributed by atoms with E-state index in [2.05, 4.69) is 43.3 Å². The Morgan fingerprint density at radius 3 is 2.22 bits per heavy atom. The van der Waals surface area contributed by atoms with E-state index < -0.39 is 0 Å². The Morgan fingerprint density at radius 1 is 0.973 bits per heavy atom. The summed E-state index contributed by atoms with van der Waals surface area (Å²) < 4.78 is 20.1. The molecular formula is C28H34N4O4S. The summed E-state index contributed by atoms with van der Waals surface area (Å²) in [7, 11) is 0. The maximum atomic E-state index is 13.4. The van der Waals surface area contributed by atoms with Crippen molar-refractivity contribution in [3.63, 3.8) is 0 Å². The van der Waals surface area contributed by atoms with Gasteiger partial charge in [-0.3, -0.25) is 4.79 Å². The molecule has 37 heavy (non-hydrogen) atoms. The number of ether oxygens (including phenoxy) is 3. The molecule has 196 valence electrons. The lowest BCUT2D eigenvalue weighted by atomic mass is 9.87. The second kappa shape index (κ2) is 10.8. The van der Waals surface area contributed by atoms with Gasteiger partial charge in [-0.2, -0.15) is 9.78 Å². The number of nitrogens with zero attached hydrogens (tertiary/aromatic N) is 3. The summed E-state index contributed by atoms with van der Waals surface area (Å²) in [6, 6.07) is 11.5. The van der Waals surface area contributed by atoms with E-state index in [0.717, 1.165) is 15.9 Å². The zero-order chi connectivity index (χ0) is 26.7. The van der Waals surface area contributed by atoms with Crippen LogP contribution in [0.3, 0.4) is 0 Å². The molecule has 0 saturated carbocycles. The van der Waals surface area contributed by atoms with Gasteiger partial charge < -0.3 is 19.5 Å². The number of aromatic nitrogens is 3. The number of thiazole rings is 1. The molecule has 0 aliphatic heterocycles. The third-order valence-corrected chi connectivity index (χ3v) is 6.66. The number of anilines is 1. The summed E-state index contributed by atoms with van der Waals surface area (Å²) in [5, 5.41) is 8.28. The van der Waals surface area contributed by atoms with Gasteiger partial charge in [-0.1, -0.05) is 38.2 Å². The first-order valence-electron chi connectivity index (χ1n) is 12.5. The minimum Gasteiger partial charge on any atom is -0.490 e. The molecule has 2 heterocycles. The van der Waals surface area contributed by atoms with Crippen molar-refractivity contribution in [1.82, 2.24) is 14.8 Å². The average Bonchev–Trinajstić information content (AvgIpc) is 3.42. The molecule has 0 unspecified atom stereocenters. The topological polar surface area (TPSA) is 87.5 Å². The van der Waals surface area contributed by atoms with Crippen molar-refractivity contribution in [3.8, 4) is 22.4 Å². The van der Waals surface area contributed by atoms with Gasteiger partial charge in [0.15, 0.2) is 11.5 Å². The Labute approximate surface area is 221 Å². The molecule has 2 aromatic heterocycles. The van der Waals surface area contributed by atoms with Crippen molar-refractivity contribution in [2.45, 2.75) is 53.9 Å². The molecule has 4 aromatic rings. The van der Waals surface area contributed by atoms with E-state index in [1.807, 2.05) is 39.8 Å². The number of carbonyl (C=O) groups excluding carboxylic acids is 1. The van der Waals surface area contributed by atoms with Crippen molar-refractivity contribution < 1.29 is 19.0 Å². The number of benzene rings is 2. The quantitative estimate of drug-likeness (QED) is 0.269. The second-order valence-corrected chi connectivity index (χ2v) is 10.6. The summed E-state index contributed by atoms with van der Waals surface area (Å²) in [5.41, 5.74) is 3.33. The van der Waals surface area contributed by atoms with Gasteiger partial charge in [0.2, 0.25) is 10.9 Å². The predicted molar refractivity (Wildman–Crippen MR) is 148 cm³/mol. The van der Waals surface area contributed by atoms with Gasteiger partial charge >= 0.3 is 0 Å². The first-order valence-corrected chi connectivity index (χ1v) is 13.3. The highest BCUT2D eigenvalue weighted by Gasteiger charge is 2.21. The van der Waals surface area contributed by atoms with Crippen LogP contribution in [0, 0.1) is 6.92 Å². The van der Waals surface area contributed by atoms with Gasteiger partial charge in [-0.25, -0.2) is 4.98 Å². The van der Waals surface area contributed by atoms with E-state index in [0.29, 0.717) is 53.6 Å². The Bertz CT molecular complexity index is 1390. The van der Waals surface area contributed by atoms with Crippen LogP contribution in [-0.2, 0) is 5.41 Å². The summed E-state index contributed by atoms with van der Waals surface area (Å²) in [4.78, 5) is 18.2. The van der Waals surface area contributed by atoms with Crippen molar-refractivity contribution in [3.05, 3.63) is 53.2 Å². The number of amides is 1. The third-order valence-electron chi connectivity index (χ3n) is 5.67. The molecule has 1 N–H and O–H groups in total. The minimum absolute atomic E-state index is 0.0399. The normalized spacial score (nSPS) is 11.5. The zero-order valence-electron chi connectivity index (χ0n) is 22.5. The van der Waals surface area contributed by atoms with Crippen LogP contribution in [0.4, 0.5) is 5.82 Å². The highest BCUT2D eigenvalue weighted by atomic mass is 32.1. The molecule has 4 rings (SSSR count). The number of hydrogen-bond donors (Lipinski definition) is 1. The van der Waals surface area contributed by atoms with Gasteiger partial charge in [0, 0.05) is 11.6 Å². The molecule has 0 radical (unpaired) electrons. The Kier molecular flexibility index (Phi) is 7.73. The molecule has 8 nitrogen and oxygen atoms in total. The SMILES string of the molecule is CCOc1cc(C(=O)Nc2cc(C)nn2-c2nc3ccc(C(C)(C)C)cc3s2)cc(OCC)c1OCC. The first-order chi connectivity index (χ1) is 17.6. The summed E-state index contributed by atoms with van der Waals surface area (Å²) in [6.07, 6.45) is 0. The smallest absolute Gasteiger partial charge is 0.257 e. The minimum atomic E-state index is -0.317. The summed E-state index contributed by atoms with van der Waals surface area (Å²) in [5.74, 6) is 1.63. The van der Waals surface area contributed by atoms with Crippen LogP contribution >= 0.6 is 11.3 Å². The Morgan fingerprint density at radius 2 is 1.62 bits per heavy atom. The van der Waals surface area contributed by atoms with Crippen molar-refractivity contribution in [2.24, 2.45) is 0 Å². The molecule has 2 aromatic carbocycles. The molecule has 0 bridgehead atoms. The standard InChI is InChI=1S/C28H34N4O4S/c1-8-34-21-14-18(15-22(35-9-2)25(21)36-10-3)26(33)30-24-13-17(4)31-32(24)27-29-20-12-11-19(28(5,6)7)16-23(20)37-27/h11-16H,8-10H2,1-7H3,(H,30,33). The van der Waals surface area contributed by atoms with Crippen LogP contribution in [0.25, 0.3) is 15.3 Å². The molecule has 9 heteroatoms. The number of rotatable bonds is 9. The molecule has 0 fully saturated rings. The largest absolute Gasteiger partial charge is 0.490 e. The van der Waals surface area contributed by atoms with E-state index in [1.165, 1.54) is 16.9 Å². The molecule has 0 aliphatic carbocycles. The van der Waals surface area contributed by atoms with Crippen molar-refractivity contribution in [1.29, 1.82) is 0 Å². The fraction of sp³-hybridized carbons (Fsp3) is 0.393. The lowest BCUT2D eigenvalue weighted by Crippen LogP contribution is -2.16. The maximum Gasteiger partial charge on any atom is 0.257 e. The van der Waals surface area contributed by atoms with E-state index in [1.54, 1.807) is 16.8 Å². The number of hydrogen-bond acceptors (Lipinski definition) is 7. The van der Waals surface area contributed by atoms with Gasteiger partial charge in [0.25, 0.3) is 5.91 Å². The second-order valence-electron chi connectivity index (χ2n) is 9.57. The molecule has 1 amide bonds. The lowest BCUT2D eigenvalue weighted by molar-refractivity contribution is 0.102. The Hall–Kier alpha value is -3.59. The summed E-state index contributed by atoms with van der Waals surface area (Å²) in [6.45, 7) is 15.4. The first kappa shape index (κ1) is 26.5. The van der Waals surface area contributed by atoms with E-state index in [9.17, 15) is 4.79 Å². The van der Waals surface area contributed by atoms with Crippen molar-refractivity contribution in [2.75, 3.05) is 25.1 Å². The number of aryl methyl sites for hydroxylation is 1.